The minimum atomic E-state index is 0.794. The molecule has 1 saturated carbocycles. The van der Waals surface area contributed by atoms with Crippen molar-refractivity contribution in [3.63, 3.8) is 0 Å². The lowest BCUT2D eigenvalue weighted by atomic mass is 10.1. The fourth-order valence-corrected chi connectivity index (χ4v) is 3.01. The van der Waals surface area contributed by atoms with Gasteiger partial charge in [0.2, 0.25) is 0 Å². The van der Waals surface area contributed by atoms with Gasteiger partial charge in [-0.2, -0.15) is 0 Å². The molecule has 0 spiro atoms. The molecule has 1 N–H and O–H groups in total. The van der Waals surface area contributed by atoms with Gasteiger partial charge in [-0.25, -0.2) is 9.97 Å². The largest absolute Gasteiger partial charge is 0.368 e. The first-order valence-electron chi connectivity index (χ1n) is 7.19. The molecule has 0 saturated heterocycles. The monoisotopic (exact) mass is 255 g/mol. The van der Waals surface area contributed by atoms with E-state index < -0.39 is 0 Å². The number of nitrogens with one attached hydrogen (secondary N) is 1. The molecular formula is C16H21N3. The second-order valence-corrected chi connectivity index (χ2v) is 5.81. The normalized spacial score (nSPS) is 22.8. The van der Waals surface area contributed by atoms with Gasteiger partial charge in [-0.15, -0.1) is 0 Å². The molecule has 19 heavy (non-hydrogen) atoms. The summed E-state index contributed by atoms with van der Waals surface area (Å²) in [5.41, 5.74) is 2.93. The molecule has 100 valence electrons. The molecule has 2 aromatic rings. The molecule has 3 heteroatoms. The zero-order chi connectivity index (χ0) is 13.2. The van der Waals surface area contributed by atoms with Gasteiger partial charge in [0.15, 0.2) is 0 Å². The van der Waals surface area contributed by atoms with Crippen molar-refractivity contribution in [1.82, 2.24) is 9.97 Å². The molecule has 0 radical (unpaired) electrons. The molecule has 3 rings (SSSR count). The van der Waals surface area contributed by atoms with Crippen LogP contribution in [0.25, 0.3) is 11.0 Å². The predicted molar refractivity (Wildman–Crippen MR) is 79.3 cm³/mol. The molecule has 1 aromatic carbocycles. The van der Waals surface area contributed by atoms with E-state index in [0.29, 0.717) is 0 Å². The Morgan fingerprint density at radius 2 is 1.89 bits per heavy atom. The van der Waals surface area contributed by atoms with Crippen LogP contribution in [0.2, 0.25) is 0 Å². The average molecular weight is 255 g/mol. The van der Waals surface area contributed by atoms with Crippen molar-refractivity contribution in [2.45, 2.75) is 33.1 Å². The summed E-state index contributed by atoms with van der Waals surface area (Å²) in [7, 11) is 0. The van der Waals surface area contributed by atoms with Gasteiger partial charge in [0.1, 0.15) is 5.82 Å². The zero-order valence-corrected chi connectivity index (χ0v) is 11.7. The molecule has 1 aliphatic carbocycles. The third kappa shape index (κ3) is 2.70. The highest BCUT2D eigenvalue weighted by Crippen LogP contribution is 2.30. The molecule has 2 unspecified atom stereocenters. The Balaban J connectivity index is 1.75. The van der Waals surface area contributed by atoms with E-state index in [1.165, 1.54) is 19.3 Å². The van der Waals surface area contributed by atoms with E-state index in [9.17, 15) is 0 Å². The van der Waals surface area contributed by atoms with Crippen LogP contribution in [0.4, 0.5) is 5.82 Å². The van der Waals surface area contributed by atoms with Crippen LogP contribution in [0.5, 0.6) is 0 Å². The van der Waals surface area contributed by atoms with E-state index in [0.717, 1.165) is 40.9 Å². The number of para-hydroxylation sites is 2. The lowest BCUT2D eigenvalue weighted by molar-refractivity contribution is 0.536. The second-order valence-electron chi connectivity index (χ2n) is 5.81. The molecule has 0 aliphatic heterocycles. The van der Waals surface area contributed by atoms with Crippen molar-refractivity contribution in [3.8, 4) is 0 Å². The summed E-state index contributed by atoms with van der Waals surface area (Å²) in [5, 5.41) is 3.49. The minimum Gasteiger partial charge on any atom is -0.368 e. The fourth-order valence-electron chi connectivity index (χ4n) is 3.01. The highest BCUT2D eigenvalue weighted by Gasteiger charge is 2.21. The Labute approximate surface area is 114 Å². The van der Waals surface area contributed by atoms with E-state index in [-0.39, 0.29) is 0 Å². The molecule has 0 bridgehead atoms. The fraction of sp³-hybridized carbons (Fsp3) is 0.500. The molecule has 1 aromatic heterocycles. The van der Waals surface area contributed by atoms with E-state index in [1.807, 2.05) is 31.2 Å². The van der Waals surface area contributed by atoms with Crippen molar-refractivity contribution in [1.29, 1.82) is 0 Å². The van der Waals surface area contributed by atoms with Gasteiger partial charge >= 0.3 is 0 Å². The van der Waals surface area contributed by atoms with Crippen molar-refractivity contribution in [2.75, 3.05) is 11.9 Å². The van der Waals surface area contributed by atoms with Crippen LogP contribution in [0, 0.1) is 18.8 Å². The lowest BCUT2D eigenvalue weighted by Gasteiger charge is -2.13. The molecular weight excluding hydrogens is 234 g/mol. The van der Waals surface area contributed by atoms with E-state index in [4.69, 9.17) is 0 Å². The quantitative estimate of drug-likeness (QED) is 0.906. The summed E-state index contributed by atoms with van der Waals surface area (Å²) in [4.78, 5) is 9.29. The molecule has 1 fully saturated rings. The Bertz CT molecular complexity index is 579. The van der Waals surface area contributed by atoms with Gasteiger partial charge in [-0.1, -0.05) is 25.5 Å². The third-order valence-corrected chi connectivity index (χ3v) is 4.11. The maximum atomic E-state index is 4.68. The van der Waals surface area contributed by atoms with E-state index in [2.05, 4.69) is 22.2 Å². The summed E-state index contributed by atoms with van der Waals surface area (Å²) < 4.78 is 0. The van der Waals surface area contributed by atoms with Gasteiger partial charge in [0, 0.05) is 6.54 Å². The van der Waals surface area contributed by atoms with Crippen molar-refractivity contribution in [3.05, 3.63) is 30.0 Å². The van der Waals surface area contributed by atoms with Crippen molar-refractivity contribution >= 4 is 16.9 Å². The average Bonchev–Trinajstić information content (AvgIpc) is 2.82. The van der Waals surface area contributed by atoms with Gasteiger partial charge in [0.25, 0.3) is 0 Å². The predicted octanol–water partition coefficient (Wildman–Crippen LogP) is 3.79. The molecule has 2 atom stereocenters. The first kappa shape index (κ1) is 12.4. The summed E-state index contributed by atoms with van der Waals surface area (Å²) in [6, 6.07) is 8.04. The second kappa shape index (κ2) is 5.16. The number of aryl methyl sites for hydroxylation is 1. The molecule has 0 amide bonds. The number of hydrogen-bond donors (Lipinski definition) is 1. The van der Waals surface area contributed by atoms with Crippen molar-refractivity contribution < 1.29 is 0 Å². The van der Waals surface area contributed by atoms with Crippen LogP contribution >= 0.6 is 0 Å². The van der Waals surface area contributed by atoms with Gasteiger partial charge < -0.3 is 5.32 Å². The maximum absolute atomic E-state index is 4.68. The van der Waals surface area contributed by atoms with E-state index >= 15 is 0 Å². The summed E-state index contributed by atoms with van der Waals surface area (Å²) in [6.07, 6.45) is 4.05. The highest BCUT2D eigenvalue weighted by atomic mass is 15.0. The number of hydrogen-bond acceptors (Lipinski definition) is 3. The first-order chi connectivity index (χ1) is 9.22. The van der Waals surface area contributed by atoms with Crippen LogP contribution in [-0.4, -0.2) is 16.5 Å². The zero-order valence-electron chi connectivity index (χ0n) is 11.7. The van der Waals surface area contributed by atoms with Crippen LogP contribution in [-0.2, 0) is 0 Å². The number of rotatable bonds is 3. The third-order valence-electron chi connectivity index (χ3n) is 4.11. The standard InChI is InChI=1S/C16H21N3/c1-11-7-8-13(9-11)10-17-16-12(2)18-14-5-3-4-6-15(14)19-16/h3-6,11,13H,7-10H2,1-2H3,(H,17,19). The number of anilines is 1. The number of fused-ring (bicyclic) bond motifs is 1. The minimum absolute atomic E-state index is 0.794. The maximum Gasteiger partial charge on any atom is 0.148 e. The summed E-state index contributed by atoms with van der Waals surface area (Å²) in [6.45, 7) is 5.40. The Morgan fingerprint density at radius 1 is 1.16 bits per heavy atom. The Morgan fingerprint density at radius 3 is 2.58 bits per heavy atom. The number of aromatic nitrogens is 2. The Kier molecular flexibility index (Phi) is 3.36. The van der Waals surface area contributed by atoms with Crippen molar-refractivity contribution in [2.24, 2.45) is 11.8 Å². The van der Waals surface area contributed by atoms with Crippen LogP contribution in [0.1, 0.15) is 31.9 Å². The summed E-state index contributed by atoms with van der Waals surface area (Å²) in [5.74, 6) is 2.62. The molecule has 1 aliphatic rings. The summed E-state index contributed by atoms with van der Waals surface area (Å²) >= 11 is 0. The smallest absolute Gasteiger partial charge is 0.148 e. The molecule has 1 heterocycles. The van der Waals surface area contributed by atoms with Gasteiger partial charge in [0.05, 0.1) is 16.7 Å². The van der Waals surface area contributed by atoms with E-state index in [1.54, 1.807) is 0 Å². The van der Waals surface area contributed by atoms with Gasteiger partial charge in [-0.05, 0) is 43.7 Å². The topological polar surface area (TPSA) is 37.8 Å². The number of benzene rings is 1. The number of nitrogens with zero attached hydrogens (tertiary/aromatic N) is 2. The SMILES string of the molecule is Cc1nc2ccccc2nc1NCC1CCC(C)C1. The van der Waals surface area contributed by atoms with Crippen LogP contribution in [0.3, 0.4) is 0 Å². The van der Waals surface area contributed by atoms with Crippen LogP contribution < -0.4 is 5.32 Å². The Hall–Kier alpha value is -1.64. The highest BCUT2D eigenvalue weighted by molar-refractivity contribution is 5.76. The lowest BCUT2D eigenvalue weighted by Crippen LogP contribution is -2.13. The first-order valence-corrected chi connectivity index (χ1v) is 7.19. The van der Waals surface area contributed by atoms with Crippen LogP contribution in [0.15, 0.2) is 24.3 Å². The van der Waals surface area contributed by atoms with Gasteiger partial charge in [-0.3, -0.25) is 0 Å². The molecule has 3 nitrogen and oxygen atoms in total.